The molecule has 1 fully saturated rings. The topological polar surface area (TPSA) is 55.4 Å². The second-order valence-electron chi connectivity index (χ2n) is 4.69. The number of sulfonamides is 1. The SMILES string of the molecule is COC1CCC(NS(=O)(=O)c2c(F)cc(F)cc2Br)C1. The van der Waals surface area contributed by atoms with Gasteiger partial charge in [0, 0.05) is 23.7 Å². The van der Waals surface area contributed by atoms with Crippen LogP contribution < -0.4 is 4.72 Å². The molecule has 0 aliphatic heterocycles. The zero-order chi connectivity index (χ0) is 14.9. The predicted octanol–water partition coefficient (Wildman–Crippen LogP) is 2.57. The van der Waals surface area contributed by atoms with Crippen molar-refractivity contribution in [3.8, 4) is 0 Å². The van der Waals surface area contributed by atoms with E-state index in [9.17, 15) is 17.2 Å². The molecule has 0 radical (unpaired) electrons. The molecule has 0 aromatic heterocycles. The number of hydrogen-bond acceptors (Lipinski definition) is 3. The van der Waals surface area contributed by atoms with E-state index >= 15 is 0 Å². The lowest BCUT2D eigenvalue weighted by atomic mass is 10.3. The first-order chi connectivity index (χ1) is 9.33. The molecule has 0 bridgehead atoms. The van der Waals surface area contributed by atoms with Crippen LogP contribution >= 0.6 is 15.9 Å². The predicted molar refractivity (Wildman–Crippen MR) is 72.8 cm³/mol. The minimum Gasteiger partial charge on any atom is -0.381 e. The van der Waals surface area contributed by atoms with Crippen LogP contribution in [0.15, 0.2) is 21.5 Å². The highest BCUT2D eigenvalue weighted by molar-refractivity contribution is 9.10. The Morgan fingerprint density at radius 1 is 1.35 bits per heavy atom. The minimum atomic E-state index is -4.05. The van der Waals surface area contributed by atoms with E-state index in [2.05, 4.69) is 20.7 Å². The Labute approximate surface area is 124 Å². The van der Waals surface area contributed by atoms with Gasteiger partial charge in [0.2, 0.25) is 10.0 Å². The molecule has 1 aromatic carbocycles. The average molecular weight is 370 g/mol. The summed E-state index contributed by atoms with van der Waals surface area (Å²) < 4.78 is 58.5. The third-order valence-electron chi connectivity index (χ3n) is 3.27. The Bertz CT molecular complexity index is 586. The van der Waals surface area contributed by atoms with Gasteiger partial charge in [0.1, 0.15) is 16.5 Å². The lowest BCUT2D eigenvalue weighted by Crippen LogP contribution is -2.34. The Morgan fingerprint density at radius 3 is 2.60 bits per heavy atom. The third-order valence-corrected chi connectivity index (χ3v) is 5.76. The zero-order valence-electron chi connectivity index (χ0n) is 10.7. The molecular weight excluding hydrogens is 356 g/mol. The summed E-state index contributed by atoms with van der Waals surface area (Å²) in [4.78, 5) is -0.570. The fourth-order valence-corrected chi connectivity index (χ4v) is 4.77. The second-order valence-corrected chi connectivity index (χ2v) is 7.19. The molecular formula is C12H14BrF2NO3S. The van der Waals surface area contributed by atoms with Gasteiger partial charge in [-0.25, -0.2) is 21.9 Å². The van der Waals surface area contributed by atoms with E-state index in [1.807, 2.05) is 0 Å². The van der Waals surface area contributed by atoms with Crippen LogP contribution in [0.3, 0.4) is 0 Å². The highest BCUT2D eigenvalue weighted by Crippen LogP contribution is 2.28. The first-order valence-electron chi connectivity index (χ1n) is 6.03. The van der Waals surface area contributed by atoms with Crippen molar-refractivity contribution in [2.75, 3.05) is 7.11 Å². The van der Waals surface area contributed by atoms with Gasteiger partial charge >= 0.3 is 0 Å². The zero-order valence-corrected chi connectivity index (χ0v) is 13.1. The van der Waals surface area contributed by atoms with Gasteiger partial charge in [-0.3, -0.25) is 0 Å². The maximum absolute atomic E-state index is 13.7. The van der Waals surface area contributed by atoms with Gasteiger partial charge in [0.25, 0.3) is 0 Å². The summed E-state index contributed by atoms with van der Waals surface area (Å²) in [6, 6.07) is 1.16. The van der Waals surface area contributed by atoms with Crippen LogP contribution in [0, 0.1) is 11.6 Å². The number of halogens is 3. The summed E-state index contributed by atoms with van der Waals surface area (Å²) in [6.07, 6.45) is 1.91. The number of ether oxygens (including phenoxy) is 1. The van der Waals surface area contributed by atoms with Crippen LogP contribution in [0.25, 0.3) is 0 Å². The van der Waals surface area contributed by atoms with Crippen LogP contribution in [0.2, 0.25) is 0 Å². The van der Waals surface area contributed by atoms with E-state index < -0.39 is 26.6 Å². The van der Waals surface area contributed by atoms with Gasteiger partial charge in [0.15, 0.2) is 0 Å². The number of hydrogen-bond donors (Lipinski definition) is 1. The smallest absolute Gasteiger partial charge is 0.244 e. The molecule has 8 heteroatoms. The normalized spacial score (nSPS) is 23.2. The van der Waals surface area contributed by atoms with Crippen molar-refractivity contribution in [3.63, 3.8) is 0 Å². The molecule has 2 atom stereocenters. The molecule has 2 rings (SSSR count). The minimum absolute atomic E-state index is 0.00389. The molecule has 0 spiro atoms. The van der Waals surface area contributed by atoms with Gasteiger partial charge < -0.3 is 4.74 Å². The number of rotatable bonds is 4. The van der Waals surface area contributed by atoms with Crippen molar-refractivity contribution < 1.29 is 21.9 Å². The molecule has 0 heterocycles. The highest BCUT2D eigenvalue weighted by Gasteiger charge is 2.31. The Balaban J connectivity index is 2.24. The molecule has 0 amide bonds. The number of nitrogens with one attached hydrogen (secondary N) is 1. The lowest BCUT2D eigenvalue weighted by Gasteiger charge is -2.15. The molecule has 112 valence electrons. The first-order valence-corrected chi connectivity index (χ1v) is 8.31. The Morgan fingerprint density at radius 2 is 2.05 bits per heavy atom. The first kappa shape index (κ1) is 15.8. The molecule has 0 saturated heterocycles. The molecule has 1 aliphatic carbocycles. The van der Waals surface area contributed by atoms with Crippen molar-refractivity contribution in [1.82, 2.24) is 4.72 Å². The van der Waals surface area contributed by atoms with Crippen LogP contribution in [0.5, 0.6) is 0 Å². The lowest BCUT2D eigenvalue weighted by molar-refractivity contribution is 0.107. The molecule has 1 aliphatic rings. The summed E-state index contributed by atoms with van der Waals surface area (Å²) in [6.45, 7) is 0. The van der Waals surface area contributed by atoms with Crippen molar-refractivity contribution in [3.05, 3.63) is 28.2 Å². The van der Waals surface area contributed by atoms with E-state index in [1.165, 1.54) is 0 Å². The maximum Gasteiger partial charge on any atom is 0.244 e. The average Bonchev–Trinajstić information content (AvgIpc) is 2.73. The van der Waals surface area contributed by atoms with Gasteiger partial charge in [-0.1, -0.05) is 0 Å². The van der Waals surface area contributed by atoms with Crippen molar-refractivity contribution in [2.24, 2.45) is 0 Å². The largest absolute Gasteiger partial charge is 0.381 e. The fraction of sp³-hybridized carbons (Fsp3) is 0.500. The molecule has 1 aromatic rings. The van der Waals surface area contributed by atoms with Gasteiger partial charge in [-0.15, -0.1) is 0 Å². The number of methoxy groups -OCH3 is 1. The summed E-state index contributed by atoms with van der Waals surface area (Å²) in [5.41, 5.74) is 0. The van der Waals surface area contributed by atoms with Crippen molar-refractivity contribution in [2.45, 2.75) is 36.3 Å². The summed E-state index contributed by atoms with van der Waals surface area (Å²) in [5, 5.41) is 0. The molecule has 4 nitrogen and oxygen atoms in total. The molecule has 1 N–H and O–H groups in total. The quantitative estimate of drug-likeness (QED) is 0.887. The van der Waals surface area contributed by atoms with Gasteiger partial charge in [-0.05, 0) is 41.3 Å². The Kier molecular flexibility index (Phi) is 4.78. The van der Waals surface area contributed by atoms with Gasteiger partial charge in [0.05, 0.1) is 6.10 Å². The maximum atomic E-state index is 13.7. The number of benzene rings is 1. The monoisotopic (exact) mass is 369 g/mol. The summed E-state index contributed by atoms with van der Waals surface area (Å²) in [5.74, 6) is -1.96. The molecule has 1 saturated carbocycles. The van der Waals surface area contributed by atoms with E-state index in [4.69, 9.17) is 4.74 Å². The third kappa shape index (κ3) is 3.36. The second kappa shape index (κ2) is 6.05. The summed E-state index contributed by atoms with van der Waals surface area (Å²) in [7, 11) is -2.48. The standard InChI is InChI=1S/C12H14BrF2NO3S/c1-19-9-3-2-8(6-9)16-20(17,18)12-10(13)4-7(14)5-11(12)15/h4-5,8-9,16H,2-3,6H2,1H3. The summed E-state index contributed by atoms with van der Waals surface area (Å²) >= 11 is 2.88. The van der Waals surface area contributed by atoms with Crippen molar-refractivity contribution in [1.29, 1.82) is 0 Å². The van der Waals surface area contributed by atoms with E-state index in [-0.39, 0.29) is 16.6 Å². The van der Waals surface area contributed by atoms with Gasteiger partial charge in [-0.2, -0.15) is 0 Å². The van der Waals surface area contributed by atoms with E-state index in [1.54, 1.807) is 7.11 Å². The fourth-order valence-electron chi connectivity index (χ4n) is 2.33. The highest BCUT2D eigenvalue weighted by atomic mass is 79.9. The molecule has 20 heavy (non-hydrogen) atoms. The van der Waals surface area contributed by atoms with Crippen LogP contribution in [0.1, 0.15) is 19.3 Å². The van der Waals surface area contributed by atoms with Crippen molar-refractivity contribution >= 4 is 26.0 Å². The van der Waals surface area contributed by atoms with E-state index in [0.717, 1.165) is 12.5 Å². The van der Waals surface area contributed by atoms with E-state index in [0.29, 0.717) is 18.9 Å². The van der Waals surface area contributed by atoms with Crippen LogP contribution in [0.4, 0.5) is 8.78 Å². The molecule has 2 unspecified atom stereocenters. The van der Waals surface area contributed by atoms with Crippen LogP contribution in [-0.2, 0) is 14.8 Å². The Hall–Kier alpha value is -0.570. The van der Waals surface area contributed by atoms with Crippen LogP contribution in [-0.4, -0.2) is 27.7 Å².